The summed E-state index contributed by atoms with van der Waals surface area (Å²) < 4.78 is 5.26. The summed E-state index contributed by atoms with van der Waals surface area (Å²) in [5.41, 5.74) is 0. The van der Waals surface area contributed by atoms with Crippen LogP contribution < -0.4 is 0 Å². The van der Waals surface area contributed by atoms with Crippen LogP contribution in [0.25, 0.3) is 0 Å². The summed E-state index contributed by atoms with van der Waals surface area (Å²) in [7, 11) is 1.17. The third kappa shape index (κ3) is 8.39. The highest BCUT2D eigenvalue weighted by atomic mass is 31.1. The van der Waals surface area contributed by atoms with Gasteiger partial charge in [-0.2, -0.15) is 0 Å². The highest BCUT2D eigenvalue weighted by Crippen LogP contribution is 2.13. The molecule has 0 saturated carbocycles. The molecule has 0 aliphatic rings. The lowest BCUT2D eigenvalue weighted by molar-refractivity contribution is 0.361. The van der Waals surface area contributed by atoms with E-state index in [-0.39, 0.29) is 0 Å². The highest BCUT2D eigenvalue weighted by Gasteiger charge is 1.86. The summed E-state index contributed by atoms with van der Waals surface area (Å²) >= 11 is 0. The van der Waals surface area contributed by atoms with E-state index in [1.165, 1.54) is 27.8 Å². The van der Waals surface area contributed by atoms with Crippen LogP contribution in [0.2, 0.25) is 0 Å². The molecule has 0 aromatic rings. The van der Waals surface area contributed by atoms with Gasteiger partial charge in [0.1, 0.15) is 0 Å². The number of rotatable bonds is 6. The standard InChI is InChI=1S/C7H16OP/c1-3-5-7-9-8-6-4-2/h3-7H2,1-2H3. The van der Waals surface area contributed by atoms with E-state index in [9.17, 15) is 0 Å². The van der Waals surface area contributed by atoms with Crippen molar-refractivity contribution >= 4 is 8.81 Å². The molecule has 1 radical (unpaired) electrons. The third-order valence-corrected chi connectivity index (χ3v) is 1.85. The van der Waals surface area contributed by atoms with Crippen LogP contribution in [0.4, 0.5) is 0 Å². The minimum absolute atomic E-state index is 0.922. The Morgan fingerprint density at radius 3 is 2.56 bits per heavy atom. The number of hydrogen-bond acceptors (Lipinski definition) is 1. The lowest BCUT2D eigenvalue weighted by atomic mass is 10.4. The number of hydrogen-bond donors (Lipinski definition) is 0. The molecule has 0 rings (SSSR count). The maximum atomic E-state index is 5.26. The van der Waals surface area contributed by atoms with Crippen molar-refractivity contribution in [3.05, 3.63) is 0 Å². The topological polar surface area (TPSA) is 9.23 Å². The van der Waals surface area contributed by atoms with Crippen molar-refractivity contribution < 1.29 is 4.52 Å². The Balaban J connectivity index is 2.60. The minimum atomic E-state index is 0.922. The summed E-state index contributed by atoms with van der Waals surface area (Å²) in [5.74, 6) is 0. The average Bonchev–Trinajstić information content (AvgIpc) is 1.89. The van der Waals surface area contributed by atoms with Crippen LogP contribution in [0.15, 0.2) is 0 Å². The van der Waals surface area contributed by atoms with Gasteiger partial charge >= 0.3 is 0 Å². The molecule has 0 aromatic carbocycles. The van der Waals surface area contributed by atoms with Gasteiger partial charge in [-0.05, 0) is 19.0 Å². The second-order valence-corrected chi connectivity index (χ2v) is 3.00. The van der Waals surface area contributed by atoms with Crippen LogP contribution >= 0.6 is 8.81 Å². The van der Waals surface area contributed by atoms with Crippen molar-refractivity contribution in [3.63, 3.8) is 0 Å². The smallest absolute Gasteiger partial charge is 0.0812 e. The Kier molecular flexibility index (Phi) is 8.75. The van der Waals surface area contributed by atoms with E-state index in [1.54, 1.807) is 0 Å². The first-order valence-electron chi connectivity index (χ1n) is 3.70. The van der Waals surface area contributed by atoms with E-state index in [4.69, 9.17) is 4.52 Å². The zero-order valence-corrected chi connectivity index (χ0v) is 7.29. The molecule has 0 saturated heterocycles. The molecule has 1 nitrogen and oxygen atoms in total. The fourth-order valence-corrected chi connectivity index (χ4v) is 1.33. The van der Waals surface area contributed by atoms with Crippen molar-refractivity contribution in [2.24, 2.45) is 0 Å². The van der Waals surface area contributed by atoms with Crippen molar-refractivity contribution in [1.29, 1.82) is 0 Å². The lowest BCUT2D eigenvalue weighted by Crippen LogP contribution is -1.82. The zero-order valence-electron chi connectivity index (χ0n) is 6.39. The first kappa shape index (κ1) is 9.39. The summed E-state index contributed by atoms with van der Waals surface area (Å²) in [6, 6.07) is 0. The predicted molar refractivity (Wildman–Crippen MR) is 42.9 cm³/mol. The fraction of sp³-hybridized carbons (Fsp3) is 1.00. The van der Waals surface area contributed by atoms with E-state index in [2.05, 4.69) is 13.8 Å². The molecular weight excluding hydrogens is 131 g/mol. The van der Waals surface area contributed by atoms with E-state index < -0.39 is 0 Å². The SMILES string of the molecule is CCCC[P]OCCC. The molecule has 0 fully saturated rings. The molecule has 0 aliphatic carbocycles. The molecular formula is C7H16OP. The fourth-order valence-electron chi connectivity index (χ4n) is 0.443. The summed E-state index contributed by atoms with van der Waals surface area (Å²) in [5, 5.41) is 0. The Labute approximate surface area is 60.0 Å². The van der Waals surface area contributed by atoms with Crippen LogP contribution in [0, 0.1) is 0 Å². The maximum Gasteiger partial charge on any atom is 0.0812 e. The average molecular weight is 147 g/mol. The Bertz CT molecular complexity index is 42.2. The second-order valence-electron chi connectivity index (χ2n) is 2.04. The van der Waals surface area contributed by atoms with Crippen molar-refractivity contribution in [1.82, 2.24) is 0 Å². The molecule has 55 valence electrons. The predicted octanol–water partition coefficient (Wildman–Crippen LogP) is 3.07. The summed E-state index contributed by atoms with van der Waals surface area (Å²) in [6.07, 6.45) is 4.92. The number of unbranched alkanes of at least 4 members (excludes halogenated alkanes) is 1. The van der Waals surface area contributed by atoms with Crippen molar-refractivity contribution in [2.45, 2.75) is 33.1 Å². The van der Waals surface area contributed by atoms with Gasteiger partial charge in [-0.15, -0.1) is 0 Å². The van der Waals surface area contributed by atoms with E-state index >= 15 is 0 Å². The molecule has 0 spiro atoms. The van der Waals surface area contributed by atoms with E-state index in [0.29, 0.717) is 0 Å². The van der Waals surface area contributed by atoms with Gasteiger partial charge in [0, 0.05) is 0 Å². The molecule has 0 aromatic heterocycles. The molecule has 0 aliphatic heterocycles. The van der Waals surface area contributed by atoms with Crippen LogP contribution in [0.5, 0.6) is 0 Å². The van der Waals surface area contributed by atoms with E-state index in [1.807, 2.05) is 0 Å². The maximum absolute atomic E-state index is 5.26. The summed E-state index contributed by atoms with van der Waals surface area (Å²) in [4.78, 5) is 0. The molecule has 2 heteroatoms. The molecule has 0 heterocycles. The molecule has 0 atom stereocenters. The first-order valence-corrected chi connectivity index (χ1v) is 4.70. The van der Waals surface area contributed by atoms with Gasteiger partial charge in [0.15, 0.2) is 0 Å². The third-order valence-electron chi connectivity index (χ3n) is 0.990. The summed E-state index contributed by atoms with van der Waals surface area (Å²) in [6.45, 7) is 5.26. The Morgan fingerprint density at radius 2 is 2.00 bits per heavy atom. The van der Waals surface area contributed by atoms with Gasteiger partial charge in [-0.25, -0.2) is 0 Å². The molecule has 9 heavy (non-hydrogen) atoms. The second kappa shape index (κ2) is 8.39. The highest BCUT2D eigenvalue weighted by molar-refractivity contribution is 7.32. The van der Waals surface area contributed by atoms with Crippen LogP contribution in [0.3, 0.4) is 0 Å². The first-order chi connectivity index (χ1) is 4.41. The van der Waals surface area contributed by atoms with Crippen molar-refractivity contribution in [3.8, 4) is 0 Å². The van der Waals surface area contributed by atoms with E-state index in [0.717, 1.165) is 13.0 Å². The van der Waals surface area contributed by atoms with Gasteiger partial charge in [0.05, 0.1) is 15.4 Å². The Morgan fingerprint density at radius 1 is 1.22 bits per heavy atom. The Hall–Kier alpha value is 0.390. The van der Waals surface area contributed by atoms with Crippen LogP contribution in [0.1, 0.15) is 33.1 Å². The van der Waals surface area contributed by atoms with Gasteiger partial charge in [-0.1, -0.05) is 20.3 Å². The van der Waals surface area contributed by atoms with Gasteiger partial charge in [-0.3, -0.25) is 0 Å². The molecule has 0 unspecified atom stereocenters. The van der Waals surface area contributed by atoms with Gasteiger partial charge < -0.3 is 4.52 Å². The van der Waals surface area contributed by atoms with Crippen molar-refractivity contribution in [2.75, 3.05) is 12.8 Å². The minimum Gasteiger partial charge on any atom is -0.352 e. The largest absolute Gasteiger partial charge is 0.352 e. The van der Waals surface area contributed by atoms with Gasteiger partial charge in [0.25, 0.3) is 0 Å². The van der Waals surface area contributed by atoms with Crippen LogP contribution in [-0.4, -0.2) is 12.8 Å². The molecule has 0 N–H and O–H groups in total. The van der Waals surface area contributed by atoms with Gasteiger partial charge in [0.2, 0.25) is 0 Å². The lowest BCUT2D eigenvalue weighted by Gasteiger charge is -1.97. The quantitative estimate of drug-likeness (QED) is 0.414. The van der Waals surface area contributed by atoms with Crippen LogP contribution in [-0.2, 0) is 4.52 Å². The molecule has 0 bridgehead atoms. The normalized spacial score (nSPS) is 11.3. The monoisotopic (exact) mass is 147 g/mol. The zero-order chi connectivity index (χ0) is 6.95. The molecule has 0 amide bonds.